The number of hydrogen-bond acceptors (Lipinski definition) is 4. The fourth-order valence-corrected chi connectivity index (χ4v) is 2.05. The summed E-state index contributed by atoms with van der Waals surface area (Å²) in [5.41, 5.74) is 5.78. The number of carbonyl (C=O) groups excluding carboxylic acids is 1. The summed E-state index contributed by atoms with van der Waals surface area (Å²) in [6.45, 7) is 2.22. The molecule has 1 saturated heterocycles. The molecule has 1 fully saturated rings. The smallest absolute Gasteiger partial charge is 0.239 e. The SMILES string of the molecule is COCCC(N)C(=O)N1CCC(CCO)C1. The molecule has 0 aromatic carbocycles. The van der Waals surface area contributed by atoms with Gasteiger partial charge in [-0.25, -0.2) is 0 Å². The van der Waals surface area contributed by atoms with Gasteiger partial charge in [0.15, 0.2) is 0 Å². The van der Waals surface area contributed by atoms with Crippen LogP contribution in [-0.2, 0) is 9.53 Å². The minimum absolute atomic E-state index is 0.0116. The van der Waals surface area contributed by atoms with Crippen LogP contribution in [0, 0.1) is 5.92 Å². The molecule has 5 nitrogen and oxygen atoms in total. The number of carbonyl (C=O) groups is 1. The van der Waals surface area contributed by atoms with Crippen molar-refractivity contribution in [2.75, 3.05) is 33.4 Å². The Labute approximate surface area is 96.6 Å². The quantitative estimate of drug-likeness (QED) is 0.650. The Morgan fingerprint density at radius 2 is 2.44 bits per heavy atom. The topological polar surface area (TPSA) is 75.8 Å². The molecular weight excluding hydrogens is 208 g/mol. The predicted octanol–water partition coefficient (Wildman–Crippen LogP) is -0.419. The van der Waals surface area contributed by atoms with Gasteiger partial charge in [0, 0.05) is 33.4 Å². The van der Waals surface area contributed by atoms with Crippen LogP contribution in [0.15, 0.2) is 0 Å². The fourth-order valence-electron chi connectivity index (χ4n) is 2.05. The molecule has 94 valence electrons. The summed E-state index contributed by atoms with van der Waals surface area (Å²) in [4.78, 5) is 13.7. The number of likely N-dealkylation sites (tertiary alicyclic amines) is 1. The lowest BCUT2D eigenvalue weighted by Crippen LogP contribution is -2.43. The number of rotatable bonds is 6. The van der Waals surface area contributed by atoms with E-state index in [-0.39, 0.29) is 12.5 Å². The van der Waals surface area contributed by atoms with Gasteiger partial charge >= 0.3 is 0 Å². The minimum Gasteiger partial charge on any atom is -0.396 e. The molecule has 1 heterocycles. The highest BCUT2D eigenvalue weighted by Crippen LogP contribution is 2.19. The van der Waals surface area contributed by atoms with Crippen molar-refractivity contribution in [2.24, 2.45) is 11.7 Å². The molecule has 0 aliphatic carbocycles. The van der Waals surface area contributed by atoms with E-state index >= 15 is 0 Å². The number of ether oxygens (including phenoxy) is 1. The van der Waals surface area contributed by atoms with Crippen LogP contribution in [0.5, 0.6) is 0 Å². The summed E-state index contributed by atoms with van der Waals surface area (Å²) in [7, 11) is 1.60. The third-order valence-corrected chi connectivity index (χ3v) is 3.09. The number of methoxy groups -OCH3 is 1. The maximum atomic E-state index is 11.9. The first-order valence-electron chi connectivity index (χ1n) is 5.83. The molecule has 1 rings (SSSR count). The second kappa shape index (κ2) is 6.83. The zero-order valence-corrected chi connectivity index (χ0v) is 9.89. The Morgan fingerprint density at radius 3 is 3.06 bits per heavy atom. The monoisotopic (exact) mass is 230 g/mol. The van der Waals surface area contributed by atoms with Gasteiger partial charge in [-0.05, 0) is 25.2 Å². The van der Waals surface area contributed by atoms with Gasteiger partial charge in [-0.15, -0.1) is 0 Å². The number of nitrogens with zero attached hydrogens (tertiary/aromatic N) is 1. The highest BCUT2D eigenvalue weighted by atomic mass is 16.5. The van der Waals surface area contributed by atoms with Crippen LogP contribution in [0.25, 0.3) is 0 Å². The molecule has 0 spiro atoms. The van der Waals surface area contributed by atoms with Crippen molar-refractivity contribution < 1.29 is 14.6 Å². The Hall–Kier alpha value is -0.650. The molecule has 0 saturated carbocycles. The maximum absolute atomic E-state index is 11.9. The van der Waals surface area contributed by atoms with E-state index in [9.17, 15) is 4.79 Å². The summed E-state index contributed by atoms with van der Waals surface area (Å²) in [6.07, 6.45) is 2.32. The molecule has 16 heavy (non-hydrogen) atoms. The van der Waals surface area contributed by atoms with Gasteiger partial charge in [-0.1, -0.05) is 0 Å². The van der Waals surface area contributed by atoms with Gasteiger partial charge in [0.25, 0.3) is 0 Å². The van der Waals surface area contributed by atoms with Crippen LogP contribution < -0.4 is 5.73 Å². The third-order valence-electron chi connectivity index (χ3n) is 3.09. The number of aliphatic hydroxyl groups excluding tert-OH is 1. The molecule has 1 aliphatic rings. The van der Waals surface area contributed by atoms with Gasteiger partial charge in [0.1, 0.15) is 0 Å². The molecule has 1 aliphatic heterocycles. The van der Waals surface area contributed by atoms with Crippen LogP contribution in [0.3, 0.4) is 0 Å². The lowest BCUT2D eigenvalue weighted by atomic mass is 10.1. The van der Waals surface area contributed by atoms with Crippen molar-refractivity contribution in [2.45, 2.75) is 25.3 Å². The number of hydrogen-bond donors (Lipinski definition) is 2. The van der Waals surface area contributed by atoms with E-state index in [0.29, 0.717) is 18.9 Å². The van der Waals surface area contributed by atoms with Gasteiger partial charge in [0.2, 0.25) is 5.91 Å². The van der Waals surface area contributed by atoms with E-state index in [2.05, 4.69) is 0 Å². The highest BCUT2D eigenvalue weighted by molar-refractivity contribution is 5.81. The molecule has 2 unspecified atom stereocenters. The Kier molecular flexibility index (Phi) is 5.73. The van der Waals surface area contributed by atoms with E-state index in [0.717, 1.165) is 25.9 Å². The van der Waals surface area contributed by atoms with Crippen LogP contribution in [0.1, 0.15) is 19.3 Å². The molecule has 0 aromatic heterocycles. The second-order valence-corrected chi connectivity index (χ2v) is 4.34. The van der Waals surface area contributed by atoms with Gasteiger partial charge in [-0.2, -0.15) is 0 Å². The fraction of sp³-hybridized carbons (Fsp3) is 0.909. The van der Waals surface area contributed by atoms with Gasteiger partial charge in [-0.3, -0.25) is 4.79 Å². The summed E-state index contributed by atoms with van der Waals surface area (Å²) in [5, 5.41) is 8.83. The van der Waals surface area contributed by atoms with Crippen LogP contribution in [-0.4, -0.2) is 55.4 Å². The lowest BCUT2D eigenvalue weighted by molar-refractivity contribution is -0.132. The normalized spacial score (nSPS) is 22.4. The van der Waals surface area contributed by atoms with Crippen molar-refractivity contribution >= 4 is 5.91 Å². The summed E-state index contributed by atoms with van der Waals surface area (Å²) in [6, 6.07) is -0.451. The summed E-state index contributed by atoms with van der Waals surface area (Å²) < 4.78 is 4.90. The number of amides is 1. The van der Waals surface area contributed by atoms with Crippen LogP contribution >= 0.6 is 0 Å². The molecule has 1 amide bonds. The first-order chi connectivity index (χ1) is 7.69. The Balaban J connectivity index is 2.32. The molecule has 3 N–H and O–H groups in total. The molecule has 0 aromatic rings. The molecule has 0 radical (unpaired) electrons. The Bertz CT molecular complexity index is 223. The third kappa shape index (κ3) is 3.73. The first kappa shape index (κ1) is 13.4. The first-order valence-corrected chi connectivity index (χ1v) is 5.83. The van der Waals surface area contributed by atoms with Crippen molar-refractivity contribution in [3.8, 4) is 0 Å². The maximum Gasteiger partial charge on any atom is 0.239 e. The van der Waals surface area contributed by atoms with Crippen molar-refractivity contribution in [3.63, 3.8) is 0 Å². The van der Waals surface area contributed by atoms with Crippen LogP contribution in [0.4, 0.5) is 0 Å². The van der Waals surface area contributed by atoms with E-state index in [4.69, 9.17) is 15.6 Å². The molecular formula is C11H22N2O3. The van der Waals surface area contributed by atoms with Crippen LogP contribution in [0.2, 0.25) is 0 Å². The average Bonchev–Trinajstić information content (AvgIpc) is 2.74. The molecule has 5 heteroatoms. The lowest BCUT2D eigenvalue weighted by Gasteiger charge is -2.20. The zero-order chi connectivity index (χ0) is 12.0. The predicted molar refractivity (Wildman–Crippen MR) is 60.9 cm³/mol. The standard InChI is InChI=1S/C11H22N2O3/c1-16-7-4-10(12)11(15)13-5-2-9(8-13)3-6-14/h9-10,14H,2-8,12H2,1H3. The Morgan fingerprint density at radius 1 is 1.69 bits per heavy atom. The second-order valence-electron chi connectivity index (χ2n) is 4.34. The van der Waals surface area contributed by atoms with E-state index in [1.54, 1.807) is 12.0 Å². The summed E-state index contributed by atoms with van der Waals surface area (Å²) >= 11 is 0. The van der Waals surface area contributed by atoms with Gasteiger partial charge in [0.05, 0.1) is 6.04 Å². The zero-order valence-electron chi connectivity index (χ0n) is 9.89. The van der Waals surface area contributed by atoms with E-state index in [1.165, 1.54) is 0 Å². The van der Waals surface area contributed by atoms with E-state index < -0.39 is 6.04 Å². The number of nitrogens with two attached hydrogens (primary N) is 1. The molecule has 2 atom stereocenters. The van der Waals surface area contributed by atoms with Crippen molar-refractivity contribution in [1.29, 1.82) is 0 Å². The number of aliphatic hydroxyl groups is 1. The van der Waals surface area contributed by atoms with Gasteiger partial charge < -0.3 is 20.5 Å². The minimum atomic E-state index is -0.451. The van der Waals surface area contributed by atoms with Crippen molar-refractivity contribution in [1.82, 2.24) is 4.90 Å². The summed E-state index contributed by atoms with van der Waals surface area (Å²) in [5.74, 6) is 0.445. The largest absolute Gasteiger partial charge is 0.396 e. The molecule has 0 bridgehead atoms. The van der Waals surface area contributed by atoms with Crippen molar-refractivity contribution in [3.05, 3.63) is 0 Å². The van der Waals surface area contributed by atoms with E-state index in [1.807, 2.05) is 0 Å². The highest BCUT2D eigenvalue weighted by Gasteiger charge is 2.28. The average molecular weight is 230 g/mol.